The Labute approximate surface area is 188 Å². The first kappa shape index (κ1) is 22.6. The Morgan fingerprint density at radius 1 is 1.12 bits per heavy atom. The lowest BCUT2D eigenvalue weighted by Crippen LogP contribution is -2.38. The smallest absolute Gasteiger partial charge is 0.238 e. The molecule has 2 aliphatic heterocycles. The van der Waals surface area contributed by atoms with Crippen LogP contribution in [0.3, 0.4) is 0 Å². The van der Waals surface area contributed by atoms with Crippen molar-refractivity contribution in [3.63, 3.8) is 0 Å². The van der Waals surface area contributed by atoms with Crippen LogP contribution in [0.15, 0.2) is 47.4 Å². The number of benzene rings is 2. The number of likely N-dealkylation sites (tertiary alicyclic amines) is 1. The number of sulfonamides is 1. The Morgan fingerprint density at radius 3 is 2.56 bits per heavy atom. The molecule has 8 nitrogen and oxygen atoms in total. The van der Waals surface area contributed by atoms with E-state index in [0.29, 0.717) is 19.8 Å². The van der Waals surface area contributed by atoms with E-state index < -0.39 is 10.0 Å². The van der Waals surface area contributed by atoms with Crippen LogP contribution in [0.1, 0.15) is 49.4 Å². The number of nitrogens with zero attached hydrogens (tertiary/aromatic N) is 1. The molecule has 9 heteroatoms. The van der Waals surface area contributed by atoms with Crippen molar-refractivity contribution in [3.8, 4) is 11.5 Å². The molecule has 172 valence electrons. The van der Waals surface area contributed by atoms with Gasteiger partial charge >= 0.3 is 0 Å². The molecule has 0 bridgehead atoms. The van der Waals surface area contributed by atoms with E-state index in [-0.39, 0.29) is 22.9 Å². The lowest BCUT2D eigenvalue weighted by Gasteiger charge is -2.26. The molecule has 1 saturated heterocycles. The number of carbonyl (C=O) groups excluding carboxylic acids is 1. The minimum Gasteiger partial charge on any atom is -0.490 e. The predicted octanol–water partition coefficient (Wildman–Crippen LogP) is 2.51. The Morgan fingerprint density at radius 2 is 1.84 bits per heavy atom. The van der Waals surface area contributed by atoms with E-state index in [1.165, 1.54) is 12.1 Å². The van der Waals surface area contributed by atoms with Crippen molar-refractivity contribution in [2.75, 3.05) is 26.3 Å². The van der Waals surface area contributed by atoms with E-state index in [1.54, 1.807) is 12.1 Å². The van der Waals surface area contributed by atoms with Crippen molar-refractivity contribution in [3.05, 3.63) is 53.6 Å². The number of fused-ring (bicyclic) bond motifs is 1. The lowest BCUT2D eigenvalue weighted by atomic mass is 10.0. The van der Waals surface area contributed by atoms with Crippen molar-refractivity contribution < 1.29 is 22.7 Å². The Hall–Kier alpha value is -2.62. The zero-order chi connectivity index (χ0) is 22.7. The second-order valence-corrected chi connectivity index (χ2v) is 9.85. The van der Waals surface area contributed by atoms with Gasteiger partial charge in [0.15, 0.2) is 11.5 Å². The summed E-state index contributed by atoms with van der Waals surface area (Å²) < 4.78 is 34.4. The van der Waals surface area contributed by atoms with E-state index in [0.717, 1.165) is 48.4 Å². The van der Waals surface area contributed by atoms with Crippen molar-refractivity contribution >= 4 is 15.9 Å². The average Bonchev–Trinajstić information content (AvgIpc) is 3.08. The van der Waals surface area contributed by atoms with Gasteiger partial charge in [-0.1, -0.05) is 18.2 Å². The molecule has 0 aliphatic carbocycles. The molecule has 0 saturated carbocycles. The van der Waals surface area contributed by atoms with Crippen LogP contribution in [-0.2, 0) is 14.8 Å². The van der Waals surface area contributed by atoms with Crippen molar-refractivity contribution in [1.29, 1.82) is 0 Å². The van der Waals surface area contributed by atoms with Crippen LogP contribution in [-0.4, -0.2) is 45.5 Å². The average molecular weight is 460 g/mol. The normalized spacial score (nSPS) is 19.9. The van der Waals surface area contributed by atoms with E-state index >= 15 is 0 Å². The Bertz CT molecular complexity index is 1070. The number of ether oxygens (including phenoxy) is 2. The summed E-state index contributed by atoms with van der Waals surface area (Å²) in [5, 5.41) is 8.15. The quantitative estimate of drug-likeness (QED) is 0.687. The van der Waals surface area contributed by atoms with Gasteiger partial charge in [0.1, 0.15) is 0 Å². The van der Waals surface area contributed by atoms with Gasteiger partial charge in [-0.3, -0.25) is 9.69 Å². The minimum atomic E-state index is -3.74. The summed E-state index contributed by atoms with van der Waals surface area (Å²) in [6.45, 7) is 4.31. The molecular formula is C23H29N3O5S. The standard InChI is InChI=1S/C23H29N3O5S/c1-16(17-5-8-19(9-6-17)32(24,28)29)25-23(27)15-26-11-2-4-20(26)18-7-10-21-22(14-18)31-13-3-12-30-21/h5-10,14,16,20H,2-4,11-13,15H2,1H3,(H,25,27)(H2,24,28,29)/t16-,20-/m1/s1. The van der Waals surface area contributed by atoms with Gasteiger partial charge in [-0.05, 0) is 61.7 Å². The molecule has 1 fully saturated rings. The third kappa shape index (κ3) is 5.23. The van der Waals surface area contributed by atoms with Crippen LogP contribution in [0.2, 0.25) is 0 Å². The fraction of sp³-hybridized carbons (Fsp3) is 0.435. The molecule has 2 atom stereocenters. The molecule has 0 aromatic heterocycles. The molecule has 2 aliphatic rings. The first-order valence-corrected chi connectivity index (χ1v) is 12.4. The largest absolute Gasteiger partial charge is 0.490 e. The number of hydrogen-bond acceptors (Lipinski definition) is 6. The third-order valence-corrected chi connectivity index (χ3v) is 6.88. The molecule has 0 radical (unpaired) electrons. The maximum Gasteiger partial charge on any atom is 0.238 e. The fourth-order valence-corrected chi connectivity index (χ4v) is 4.80. The highest BCUT2D eigenvalue weighted by molar-refractivity contribution is 7.89. The first-order valence-electron chi connectivity index (χ1n) is 10.9. The number of hydrogen-bond donors (Lipinski definition) is 2. The molecule has 4 rings (SSSR count). The maximum atomic E-state index is 12.8. The van der Waals surface area contributed by atoms with Crippen LogP contribution in [0.4, 0.5) is 0 Å². The number of nitrogens with two attached hydrogens (primary N) is 1. The van der Waals surface area contributed by atoms with Crippen LogP contribution < -0.4 is 19.9 Å². The molecule has 2 heterocycles. The van der Waals surface area contributed by atoms with Gasteiger partial charge in [-0.25, -0.2) is 13.6 Å². The second-order valence-electron chi connectivity index (χ2n) is 8.29. The predicted molar refractivity (Wildman–Crippen MR) is 120 cm³/mol. The first-order chi connectivity index (χ1) is 15.3. The van der Waals surface area contributed by atoms with Gasteiger partial charge in [0.2, 0.25) is 15.9 Å². The molecule has 0 spiro atoms. The van der Waals surface area contributed by atoms with Crippen LogP contribution in [0, 0.1) is 0 Å². The van der Waals surface area contributed by atoms with Crippen molar-refractivity contribution in [2.45, 2.75) is 43.2 Å². The second kappa shape index (κ2) is 9.48. The van der Waals surface area contributed by atoms with Crippen LogP contribution in [0.5, 0.6) is 11.5 Å². The summed E-state index contributed by atoms with van der Waals surface area (Å²) in [5.74, 6) is 1.47. The number of carbonyl (C=O) groups is 1. The van der Waals surface area contributed by atoms with E-state index in [1.807, 2.05) is 19.1 Å². The molecule has 2 aromatic rings. The maximum absolute atomic E-state index is 12.8. The number of rotatable bonds is 6. The summed E-state index contributed by atoms with van der Waals surface area (Å²) in [6, 6.07) is 12.2. The zero-order valence-corrected chi connectivity index (χ0v) is 18.9. The van der Waals surface area contributed by atoms with Gasteiger partial charge in [0.05, 0.1) is 30.7 Å². The van der Waals surface area contributed by atoms with E-state index in [2.05, 4.69) is 16.3 Å². The van der Waals surface area contributed by atoms with Crippen LogP contribution in [0.25, 0.3) is 0 Å². The summed E-state index contributed by atoms with van der Waals surface area (Å²) in [6.07, 6.45) is 2.87. The molecule has 3 N–H and O–H groups in total. The molecule has 0 unspecified atom stereocenters. The Balaban J connectivity index is 1.39. The summed E-state index contributed by atoms with van der Waals surface area (Å²) >= 11 is 0. The number of amides is 1. The summed E-state index contributed by atoms with van der Waals surface area (Å²) in [7, 11) is -3.74. The highest BCUT2D eigenvalue weighted by Crippen LogP contribution is 2.37. The number of primary sulfonamides is 1. The highest BCUT2D eigenvalue weighted by atomic mass is 32.2. The molecular weight excluding hydrogens is 430 g/mol. The third-order valence-electron chi connectivity index (χ3n) is 5.95. The van der Waals surface area contributed by atoms with Gasteiger partial charge in [0.25, 0.3) is 0 Å². The topological polar surface area (TPSA) is 111 Å². The number of nitrogens with one attached hydrogen (secondary N) is 1. The molecule has 32 heavy (non-hydrogen) atoms. The van der Waals surface area contributed by atoms with Crippen LogP contribution >= 0.6 is 0 Å². The molecule has 2 aromatic carbocycles. The minimum absolute atomic E-state index is 0.0508. The Kier molecular flexibility index (Phi) is 6.68. The van der Waals surface area contributed by atoms with Crippen molar-refractivity contribution in [2.24, 2.45) is 5.14 Å². The monoisotopic (exact) mass is 459 g/mol. The summed E-state index contributed by atoms with van der Waals surface area (Å²) in [5.41, 5.74) is 1.94. The van der Waals surface area contributed by atoms with Gasteiger partial charge in [0, 0.05) is 12.5 Å². The molecule has 1 amide bonds. The van der Waals surface area contributed by atoms with Gasteiger partial charge in [-0.15, -0.1) is 0 Å². The van der Waals surface area contributed by atoms with Gasteiger partial charge < -0.3 is 14.8 Å². The van der Waals surface area contributed by atoms with Gasteiger partial charge in [-0.2, -0.15) is 0 Å². The van der Waals surface area contributed by atoms with E-state index in [9.17, 15) is 13.2 Å². The lowest BCUT2D eigenvalue weighted by molar-refractivity contribution is -0.123. The zero-order valence-electron chi connectivity index (χ0n) is 18.1. The van der Waals surface area contributed by atoms with Crippen molar-refractivity contribution in [1.82, 2.24) is 10.2 Å². The van der Waals surface area contributed by atoms with E-state index in [4.69, 9.17) is 14.6 Å². The highest BCUT2D eigenvalue weighted by Gasteiger charge is 2.29. The summed E-state index contributed by atoms with van der Waals surface area (Å²) in [4.78, 5) is 15.0. The SMILES string of the molecule is C[C@@H](NC(=O)CN1CCC[C@@H]1c1ccc2c(c1)OCCCO2)c1ccc(S(N)(=O)=O)cc1. The fourth-order valence-electron chi connectivity index (χ4n) is 4.28.